The topological polar surface area (TPSA) is 124 Å². The molecule has 8 rings (SSSR count). The number of aromatic nitrogens is 4. The molecule has 0 saturated heterocycles. The zero-order chi connectivity index (χ0) is 36.9. The molecule has 0 radical (unpaired) electrons. The Morgan fingerprint density at radius 1 is 0.547 bits per heavy atom. The number of aliphatic hydroxyl groups excluding tert-OH is 1. The van der Waals surface area contributed by atoms with Gasteiger partial charge in [0, 0.05) is 56.2 Å². The van der Waals surface area contributed by atoms with Crippen LogP contribution in [0.4, 0.5) is 11.6 Å². The largest absolute Gasteiger partial charge is 0.493 e. The van der Waals surface area contributed by atoms with Crippen molar-refractivity contribution in [3.63, 3.8) is 0 Å². The number of hydrogen-bond donors (Lipinski definition) is 1. The summed E-state index contributed by atoms with van der Waals surface area (Å²) in [7, 11) is 8.24. The Labute approximate surface area is 308 Å². The van der Waals surface area contributed by atoms with Gasteiger partial charge in [-0.15, -0.1) is 0 Å². The van der Waals surface area contributed by atoms with Gasteiger partial charge in [0.1, 0.15) is 24.3 Å². The molecule has 0 saturated carbocycles. The minimum absolute atomic E-state index is 0.0785. The van der Waals surface area contributed by atoms with Crippen molar-refractivity contribution in [1.29, 1.82) is 0 Å². The average Bonchev–Trinajstić information content (AvgIpc) is 3.21. The number of benzene rings is 4. The van der Waals surface area contributed by atoms with Crippen LogP contribution in [0.5, 0.6) is 23.0 Å². The fourth-order valence-corrected chi connectivity index (χ4v) is 7.17. The lowest BCUT2D eigenvalue weighted by Gasteiger charge is -2.31. The molecule has 274 valence electrons. The number of rotatable bonds is 9. The molecular formula is C41H44N6O6. The highest BCUT2D eigenvalue weighted by Gasteiger charge is 2.23. The summed E-state index contributed by atoms with van der Waals surface area (Å²) in [6.07, 6.45) is 5.10. The molecule has 4 aromatic carbocycles. The first-order chi connectivity index (χ1) is 26.0. The van der Waals surface area contributed by atoms with Crippen LogP contribution in [0, 0.1) is 0 Å². The van der Waals surface area contributed by atoms with Gasteiger partial charge >= 0.3 is 0 Å². The molecule has 2 aliphatic heterocycles. The van der Waals surface area contributed by atoms with E-state index in [0.717, 1.165) is 78.0 Å². The standard InChI is InChI=1S/C21H23N3O3.C20H21N3O3/c1-25-12-14-4-5-16-11-24(7-6-15(16)8-14)21-17-9-19(26-2)20(27-3)10-18(17)22-13-23-21;1-25-18-8-16-17(9-19(18)26-2)21-12-22-20(16)23-6-5-14-7-13(11-24)3-4-15(14)10-23/h4-5,8-10,13H,6-7,11-12H2,1-3H3;3-4,7-9,12,24H,5-6,10-11H2,1-2H3. The number of nitrogens with zero attached hydrogens (tertiary/aromatic N) is 6. The monoisotopic (exact) mass is 716 g/mol. The Kier molecular flexibility index (Phi) is 10.7. The molecule has 12 heteroatoms. The average molecular weight is 717 g/mol. The first-order valence-electron chi connectivity index (χ1n) is 17.5. The van der Waals surface area contributed by atoms with Crippen molar-refractivity contribution in [1.82, 2.24) is 19.9 Å². The quantitative estimate of drug-likeness (QED) is 0.187. The van der Waals surface area contributed by atoms with Crippen LogP contribution in [0.1, 0.15) is 33.4 Å². The highest BCUT2D eigenvalue weighted by Crippen LogP contribution is 2.37. The van der Waals surface area contributed by atoms with Gasteiger partial charge in [-0.1, -0.05) is 36.4 Å². The first kappa shape index (κ1) is 35.7. The molecule has 2 aromatic heterocycles. The first-order valence-corrected chi connectivity index (χ1v) is 17.5. The molecule has 4 heterocycles. The van der Waals surface area contributed by atoms with E-state index in [2.05, 4.69) is 60.1 Å². The van der Waals surface area contributed by atoms with E-state index >= 15 is 0 Å². The van der Waals surface area contributed by atoms with Crippen molar-refractivity contribution >= 4 is 33.4 Å². The predicted molar refractivity (Wildman–Crippen MR) is 204 cm³/mol. The van der Waals surface area contributed by atoms with E-state index in [9.17, 15) is 5.11 Å². The number of anilines is 2. The zero-order valence-electron chi connectivity index (χ0n) is 30.8. The normalized spacial score (nSPS) is 13.5. The van der Waals surface area contributed by atoms with Crippen LogP contribution >= 0.6 is 0 Å². The number of aliphatic hydroxyl groups is 1. The van der Waals surface area contributed by atoms with Gasteiger partial charge in [0.05, 0.1) is 52.7 Å². The molecule has 2 aliphatic rings. The van der Waals surface area contributed by atoms with Gasteiger partial charge in [0.15, 0.2) is 23.0 Å². The summed E-state index contributed by atoms with van der Waals surface area (Å²) in [6, 6.07) is 20.4. The van der Waals surface area contributed by atoms with Crippen molar-refractivity contribution in [2.45, 2.75) is 39.1 Å². The number of hydrogen-bond acceptors (Lipinski definition) is 12. The summed E-state index contributed by atoms with van der Waals surface area (Å²) in [6.45, 7) is 4.10. The number of fused-ring (bicyclic) bond motifs is 4. The lowest BCUT2D eigenvalue weighted by Crippen LogP contribution is -2.31. The van der Waals surface area contributed by atoms with Crippen LogP contribution in [-0.4, -0.2) is 73.7 Å². The van der Waals surface area contributed by atoms with Crippen LogP contribution in [0.25, 0.3) is 21.8 Å². The Bertz CT molecular complexity index is 2250. The second kappa shape index (κ2) is 15.9. The van der Waals surface area contributed by atoms with Crippen LogP contribution in [0.2, 0.25) is 0 Å². The SMILES string of the molecule is COCc1ccc2c(c1)CCN(c1ncnc3cc(OC)c(OC)cc13)C2.COc1cc2ncnc(N3CCc4cc(CO)ccc4C3)c2cc1OC. The van der Waals surface area contributed by atoms with E-state index in [0.29, 0.717) is 29.6 Å². The summed E-state index contributed by atoms with van der Waals surface area (Å²) in [5, 5.41) is 11.2. The van der Waals surface area contributed by atoms with Gasteiger partial charge in [-0.25, -0.2) is 19.9 Å². The Balaban J connectivity index is 0.000000164. The maximum atomic E-state index is 9.33. The van der Waals surface area contributed by atoms with Gasteiger partial charge in [-0.05, 0) is 58.4 Å². The highest BCUT2D eigenvalue weighted by molar-refractivity contribution is 5.93. The van der Waals surface area contributed by atoms with E-state index in [-0.39, 0.29) is 6.61 Å². The van der Waals surface area contributed by atoms with Crippen LogP contribution in [0.15, 0.2) is 73.3 Å². The van der Waals surface area contributed by atoms with Crippen molar-refractivity contribution in [2.75, 3.05) is 58.4 Å². The molecule has 6 aromatic rings. The van der Waals surface area contributed by atoms with Crippen LogP contribution in [0.3, 0.4) is 0 Å². The highest BCUT2D eigenvalue weighted by atomic mass is 16.5. The minimum atomic E-state index is 0.0785. The summed E-state index contributed by atoms with van der Waals surface area (Å²) in [5.74, 6) is 4.50. The van der Waals surface area contributed by atoms with Crippen LogP contribution < -0.4 is 28.7 Å². The zero-order valence-corrected chi connectivity index (χ0v) is 30.8. The van der Waals surface area contributed by atoms with Gasteiger partial charge in [-0.2, -0.15) is 0 Å². The summed E-state index contributed by atoms with van der Waals surface area (Å²) in [5.41, 5.74) is 9.13. The van der Waals surface area contributed by atoms with Gasteiger partial charge < -0.3 is 38.6 Å². The third-order valence-electron chi connectivity index (χ3n) is 9.90. The molecule has 53 heavy (non-hydrogen) atoms. The molecule has 0 spiro atoms. The second-order valence-corrected chi connectivity index (χ2v) is 13.0. The predicted octanol–water partition coefficient (Wildman–Crippen LogP) is 6.06. The lowest BCUT2D eigenvalue weighted by molar-refractivity contribution is 0.185. The van der Waals surface area contributed by atoms with Gasteiger partial charge in [0.2, 0.25) is 0 Å². The number of methoxy groups -OCH3 is 5. The van der Waals surface area contributed by atoms with Gasteiger partial charge in [0.25, 0.3) is 0 Å². The molecule has 0 aliphatic carbocycles. The maximum absolute atomic E-state index is 9.33. The lowest BCUT2D eigenvalue weighted by atomic mass is 9.97. The van der Waals surface area contributed by atoms with E-state index in [1.165, 1.54) is 27.8 Å². The van der Waals surface area contributed by atoms with Crippen molar-refractivity contribution in [3.05, 3.63) is 107 Å². The Hall–Kier alpha value is -5.72. The molecule has 12 nitrogen and oxygen atoms in total. The molecule has 0 bridgehead atoms. The van der Waals surface area contributed by atoms with Crippen molar-refractivity contribution in [2.24, 2.45) is 0 Å². The molecular weight excluding hydrogens is 672 g/mol. The maximum Gasteiger partial charge on any atom is 0.162 e. The van der Waals surface area contributed by atoms with Crippen LogP contribution in [-0.2, 0) is 43.9 Å². The van der Waals surface area contributed by atoms with Gasteiger partial charge in [-0.3, -0.25) is 0 Å². The Morgan fingerprint density at radius 2 is 1.00 bits per heavy atom. The third kappa shape index (κ3) is 7.33. The fraction of sp³-hybridized carbons (Fsp3) is 0.317. The summed E-state index contributed by atoms with van der Waals surface area (Å²) < 4.78 is 26.9. The number of ether oxygens (including phenoxy) is 5. The van der Waals surface area contributed by atoms with E-state index in [4.69, 9.17) is 23.7 Å². The Morgan fingerprint density at radius 3 is 1.45 bits per heavy atom. The minimum Gasteiger partial charge on any atom is -0.493 e. The summed E-state index contributed by atoms with van der Waals surface area (Å²) in [4.78, 5) is 22.5. The van der Waals surface area contributed by atoms with Crippen molar-refractivity contribution < 1.29 is 28.8 Å². The summed E-state index contributed by atoms with van der Waals surface area (Å²) >= 11 is 0. The van der Waals surface area contributed by atoms with E-state index < -0.39 is 0 Å². The second-order valence-electron chi connectivity index (χ2n) is 13.0. The molecule has 0 unspecified atom stereocenters. The molecule has 0 amide bonds. The van der Waals surface area contributed by atoms with E-state index in [1.54, 1.807) is 48.2 Å². The van der Waals surface area contributed by atoms with Crippen molar-refractivity contribution in [3.8, 4) is 23.0 Å². The third-order valence-corrected chi connectivity index (χ3v) is 9.90. The smallest absolute Gasteiger partial charge is 0.162 e. The fourth-order valence-electron chi connectivity index (χ4n) is 7.17. The molecule has 1 N–H and O–H groups in total. The van der Waals surface area contributed by atoms with E-state index in [1.807, 2.05) is 30.3 Å². The molecule has 0 fully saturated rings. The molecule has 0 atom stereocenters.